The van der Waals surface area contributed by atoms with E-state index in [0.29, 0.717) is 11.2 Å². The van der Waals surface area contributed by atoms with Gasteiger partial charge in [0.25, 0.3) is 5.56 Å². The molecule has 0 spiro atoms. The lowest BCUT2D eigenvalue weighted by atomic mass is 10.4. The minimum absolute atomic E-state index is 0.000924. The number of hydrogen-bond donors (Lipinski definition) is 2. The van der Waals surface area contributed by atoms with Gasteiger partial charge in [0.15, 0.2) is 5.16 Å². The van der Waals surface area contributed by atoms with Crippen LogP contribution >= 0.6 is 11.8 Å². The van der Waals surface area contributed by atoms with E-state index in [2.05, 4.69) is 15.3 Å². The van der Waals surface area contributed by atoms with E-state index in [1.54, 1.807) is 6.92 Å². The molecular weight excluding hydrogens is 226 g/mol. The fourth-order valence-electron chi connectivity index (χ4n) is 1.18. The lowest BCUT2D eigenvalue weighted by molar-refractivity contribution is -0.120. The Morgan fingerprint density at radius 1 is 1.69 bits per heavy atom. The highest BCUT2D eigenvalue weighted by Gasteiger charge is 2.26. The Kier molecular flexibility index (Phi) is 3.28. The molecule has 1 saturated carbocycles. The van der Waals surface area contributed by atoms with E-state index < -0.39 is 0 Å². The standard InChI is InChI=1S/C10H13N3O2S/c1-6(9(15)12-7-2-3-7)16-10-11-5-4-8(14)13-10/h4-7H,2-3H2,1H3,(H,12,15)(H,11,13,14)/t6-/m0/s1. The van der Waals surface area contributed by atoms with Gasteiger partial charge in [-0.05, 0) is 19.8 Å². The van der Waals surface area contributed by atoms with Crippen molar-refractivity contribution in [1.82, 2.24) is 15.3 Å². The first-order chi connectivity index (χ1) is 7.65. The van der Waals surface area contributed by atoms with Gasteiger partial charge in [0.2, 0.25) is 5.91 Å². The molecule has 5 nitrogen and oxygen atoms in total. The Bertz CT molecular complexity index is 442. The summed E-state index contributed by atoms with van der Waals surface area (Å²) in [5.41, 5.74) is -0.202. The van der Waals surface area contributed by atoms with Crippen LogP contribution < -0.4 is 10.9 Å². The average Bonchev–Trinajstić information content (AvgIpc) is 3.01. The van der Waals surface area contributed by atoms with Crippen molar-refractivity contribution in [2.45, 2.75) is 36.2 Å². The van der Waals surface area contributed by atoms with Crippen molar-refractivity contribution in [2.75, 3.05) is 0 Å². The van der Waals surface area contributed by atoms with Gasteiger partial charge in [-0.2, -0.15) is 0 Å². The molecule has 1 aromatic rings. The van der Waals surface area contributed by atoms with Crippen LogP contribution in [-0.2, 0) is 4.79 Å². The second-order valence-electron chi connectivity index (χ2n) is 3.78. The fraction of sp³-hybridized carbons (Fsp3) is 0.500. The molecule has 1 heterocycles. The van der Waals surface area contributed by atoms with Crippen LogP contribution in [0.4, 0.5) is 0 Å². The molecule has 0 unspecified atom stereocenters. The average molecular weight is 239 g/mol. The first-order valence-corrected chi connectivity index (χ1v) is 6.05. The Hall–Kier alpha value is -1.30. The van der Waals surface area contributed by atoms with E-state index in [4.69, 9.17) is 0 Å². The van der Waals surface area contributed by atoms with Crippen LogP contribution in [0.2, 0.25) is 0 Å². The summed E-state index contributed by atoms with van der Waals surface area (Å²) in [5.74, 6) is -0.000924. The Labute approximate surface area is 97.1 Å². The van der Waals surface area contributed by atoms with Crippen LogP contribution in [0.25, 0.3) is 0 Å². The Balaban J connectivity index is 1.92. The van der Waals surface area contributed by atoms with E-state index in [1.165, 1.54) is 24.0 Å². The maximum Gasteiger partial charge on any atom is 0.251 e. The molecule has 0 aromatic carbocycles. The minimum Gasteiger partial charge on any atom is -0.352 e. The topological polar surface area (TPSA) is 74.8 Å². The molecule has 6 heteroatoms. The van der Waals surface area contributed by atoms with Crippen LogP contribution in [0.5, 0.6) is 0 Å². The summed E-state index contributed by atoms with van der Waals surface area (Å²) >= 11 is 1.26. The maximum atomic E-state index is 11.6. The number of hydrogen-bond acceptors (Lipinski definition) is 4. The summed E-state index contributed by atoms with van der Waals surface area (Å²) in [6.07, 6.45) is 3.58. The third-order valence-electron chi connectivity index (χ3n) is 2.23. The van der Waals surface area contributed by atoms with Gasteiger partial charge >= 0.3 is 0 Å². The highest BCUT2D eigenvalue weighted by Crippen LogP contribution is 2.22. The van der Waals surface area contributed by atoms with Crippen molar-refractivity contribution in [3.8, 4) is 0 Å². The fourth-order valence-corrected chi connectivity index (χ4v) is 1.97. The van der Waals surface area contributed by atoms with Crippen molar-refractivity contribution in [2.24, 2.45) is 0 Å². The molecule has 2 rings (SSSR count). The second kappa shape index (κ2) is 4.69. The molecule has 1 amide bonds. The van der Waals surface area contributed by atoms with Gasteiger partial charge < -0.3 is 10.3 Å². The normalized spacial score (nSPS) is 16.8. The van der Waals surface area contributed by atoms with Crippen molar-refractivity contribution in [3.63, 3.8) is 0 Å². The zero-order valence-electron chi connectivity index (χ0n) is 8.90. The lowest BCUT2D eigenvalue weighted by Gasteiger charge is -2.09. The summed E-state index contributed by atoms with van der Waals surface area (Å²) in [7, 11) is 0. The van der Waals surface area contributed by atoms with Crippen LogP contribution in [0, 0.1) is 0 Å². The van der Waals surface area contributed by atoms with Crippen LogP contribution in [0.15, 0.2) is 22.2 Å². The number of aromatic amines is 1. The number of aromatic nitrogens is 2. The van der Waals surface area contributed by atoms with Crippen LogP contribution in [0.1, 0.15) is 19.8 Å². The zero-order valence-corrected chi connectivity index (χ0v) is 9.71. The van der Waals surface area contributed by atoms with E-state index in [0.717, 1.165) is 12.8 Å². The summed E-state index contributed by atoms with van der Waals surface area (Å²) in [6, 6.07) is 1.71. The van der Waals surface area contributed by atoms with Crippen molar-refractivity contribution in [1.29, 1.82) is 0 Å². The first kappa shape index (κ1) is 11.2. The summed E-state index contributed by atoms with van der Waals surface area (Å²) < 4.78 is 0. The molecule has 1 atom stereocenters. The molecular formula is C10H13N3O2S. The molecule has 1 fully saturated rings. The number of nitrogens with one attached hydrogen (secondary N) is 2. The number of H-pyrrole nitrogens is 1. The highest BCUT2D eigenvalue weighted by atomic mass is 32.2. The van der Waals surface area contributed by atoms with Crippen LogP contribution in [0.3, 0.4) is 0 Å². The SMILES string of the molecule is C[C@H](Sc1nccc(=O)[nH]1)C(=O)NC1CC1. The van der Waals surface area contributed by atoms with Crippen LogP contribution in [-0.4, -0.2) is 27.2 Å². The van der Waals surface area contributed by atoms with Gasteiger partial charge in [-0.15, -0.1) is 0 Å². The molecule has 2 N–H and O–H groups in total. The van der Waals surface area contributed by atoms with Gasteiger partial charge in [0.1, 0.15) is 0 Å². The van der Waals surface area contributed by atoms with E-state index in [-0.39, 0.29) is 16.7 Å². The Morgan fingerprint density at radius 3 is 3.06 bits per heavy atom. The number of rotatable bonds is 4. The zero-order chi connectivity index (χ0) is 11.5. The van der Waals surface area contributed by atoms with Gasteiger partial charge in [-0.1, -0.05) is 11.8 Å². The first-order valence-electron chi connectivity index (χ1n) is 5.17. The third kappa shape index (κ3) is 3.10. The number of nitrogens with zero attached hydrogens (tertiary/aromatic N) is 1. The summed E-state index contributed by atoms with van der Waals surface area (Å²) in [6.45, 7) is 1.80. The van der Waals surface area contributed by atoms with E-state index in [9.17, 15) is 9.59 Å². The molecule has 0 saturated heterocycles. The number of amides is 1. The van der Waals surface area contributed by atoms with Gasteiger partial charge in [-0.3, -0.25) is 9.59 Å². The Morgan fingerprint density at radius 2 is 2.44 bits per heavy atom. The lowest BCUT2D eigenvalue weighted by Crippen LogP contribution is -2.32. The molecule has 1 aromatic heterocycles. The quantitative estimate of drug-likeness (QED) is 0.593. The number of thioether (sulfide) groups is 1. The monoisotopic (exact) mass is 239 g/mol. The van der Waals surface area contributed by atoms with Gasteiger partial charge in [-0.25, -0.2) is 4.98 Å². The van der Waals surface area contributed by atoms with Crippen molar-refractivity contribution < 1.29 is 4.79 Å². The molecule has 16 heavy (non-hydrogen) atoms. The molecule has 86 valence electrons. The van der Waals surface area contributed by atoms with E-state index >= 15 is 0 Å². The molecule has 1 aliphatic rings. The summed E-state index contributed by atoms with van der Waals surface area (Å²) in [4.78, 5) is 29.2. The predicted octanol–water partition coefficient (Wildman–Crippen LogP) is 0.529. The predicted molar refractivity (Wildman–Crippen MR) is 61.3 cm³/mol. The summed E-state index contributed by atoms with van der Waals surface area (Å²) in [5, 5.41) is 3.14. The smallest absolute Gasteiger partial charge is 0.251 e. The van der Waals surface area contributed by atoms with E-state index in [1.807, 2.05) is 0 Å². The molecule has 0 radical (unpaired) electrons. The van der Waals surface area contributed by atoms with Gasteiger partial charge in [0.05, 0.1) is 5.25 Å². The number of carbonyl (C=O) groups excluding carboxylic acids is 1. The van der Waals surface area contributed by atoms with Crippen molar-refractivity contribution in [3.05, 3.63) is 22.6 Å². The largest absolute Gasteiger partial charge is 0.352 e. The van der Waals surface area contributed by atoms with Gasteiger partial charge in [0, 0.05) is 18.3 Å². The molecule has 0 aliphatic heterocycles. The highest BCUT2D eigenvalue weighted by molar-refractivity contribution is 8.00. The third-order valence-corrected chi connectivity index (χ3v) is 3.23. The minimum atomic E-state index is -0.244. The van der Waals surface area contributed by atoms with Crippen molar-refractivity contribution >= 4 is 17.7 Å². The number of carbonyl (C=O) groups is 1. The molecule has 0 bridgehead atoms. The second-order valence-corrected chi connectivity index (χ2v) is 5.11. The maximum absolute atomic E-state index is 11.6. The molecule has 1 aliphatic carbocycles.